The number of amides is 1. The Hall–Kier alpha value is -2.44. The molecule has 2 aromatic heterocycles. The molecule has 0 fully saturated rings. The summed E-state index contributed by atoms with van der Waals surface area (Å²) in [6, 6.07) is 9.18. The monoisotopic (exact) mass is 314 g/mol. The molecule has 0 saturated carbocycles. The summed E-state index contributed by atoms with van der Waals surface area (Å²) in [5.41, 5.74) is 2.54. The summed E-state index contributed by atoms with van der Waals surface area (Å²) in [5.74, 6) is 0.124. The second-order valence-electron chi connectivity index (χ2n) is 4.77. The van der Waals surface area contributed by atoms with Gasteiger partial charge < -0.3 is 14.8 Å². The molecule has 0 unspecified atom stereocenters. The second kappa shape index (κ2) is 6.13. The van der Waals surface area contributed by atoms with Gasteiger partial charge in [-0.3, -0.25) is 4.79 Å². The van der Waals surface area contributed by atoms with Crippen LogP contribution in [0.5, 0.6) is 0 Å². The highest BCUT2D eigenvalue weighted by atomic mass is 32.1. The van der Waals surface area contributed by atoms with Gasteiger partial charge in [0.05, 0.1) is 11.5 Å². The molecule has 1 amide bonds. The normalized spacial score (nSPS) is 10.6. The Kier molecular flexibility index (Phi) is 4.04. The predicted molar refractivity (Wildman–Crippen MR) is 84.9 cm³/mol. The van der Waals surface area contributed by atoms with Gasteiger partial charge >= 0.3 is 0 Å². The van der Waals surface area contributed by atoms with Crippen molar-refractivity contribution in [1.29, 1.82) is 0 Å². The van der Waals surface area contributed by atoms with Crippen molar-refractivity contribution in [3.05, 3.63) is 58.9 Å². The van der Waals surface area contributed by atoms with Gasteiger partial charge in [-0.25, -0.2) is 4.98 Å². The van der Waals surface area contributed by atoms with Crippen LogP contribution in [0.3, 0.4) is 0 Å². The first kappa shape index (κ1) is 14.5. The Morgan fingerprint density at radius 3 is 3.00 bits per heavy atom. The quantitative estimate of drug-likeness (QED) is 0.773. The van der Waals surface area contributed by atoms with Crippen LogP contribution in [0.2, 0.25) is 0 Å². The summed E-state index contributed by atoms with van der Waals surface area (Å²) in [5, 5.41) is 13.9. The lowest BCUT2D eigenvalue weighted by atomic mass is 10.1. The number of rotatable bonds is 4. The third-order valence-electron chi connectivity index (χ3n) is 3.26. The van der Waals surface area contributed by atoms with Gasteiger partial charge in [0.1, 0.15) is 0 Å². The topological polar surface area (TPSA) is 75.4 Å². The van der Waals surface area contributed by atoms with Crippen LogP contribution >= 0.6 is 11.3 Å². The molecule has 0 spiro atoms. The Morgan fingerprint density at radius 1 is 1.41 bits per heavy atom. The molecule has 2 heterocycles. The van der Waals surface area contributed by atoms with E-state index in [4.69, 9.17) is 4.42 Å². The molecule has 0 bridgehead atoms. The Labute approximate surface area is 131 Å². The fourth-order valence-corrected chi connectivity index (χ4v) is 2.79. The van der Waals surface area contributed by atoms with Crippen LogP contribution < -0.4 is 5.32 Å². The number of nitrogens with zero attached hydrogens (tertiary/aromatic N) is 1. The van der Waals surface area contributed by atoms with Crippen molar-refractivity contribution in [2.24, 2.45) is 0 Å². The first-order valence-corrected chi connectivity index (χ1v) is 7.56. The standard InChI is InChI=1S/C16H14N2O3S/c1-10-4-5-11(8-19)7-12(10)18-16(20)14-15(21-9-17-14)13-3-2-6-22-13/h2-7,9,19H,8H2,1H3,(H,18,20). The Morgan fingerprint density at radius 2 is 2.27 bits per heavy atom. The lowest BCUT2D eigenvalue weighted by Gasteiger charge is -2.09. The SMILES string of the molecule is Cc1ccc(CO)cc1NC(=O)c1ncoc1-c1cccs1. The number of carbonyl (C=O) groups is 1. The summed E-state index contributed by atoms with van der Waals surface area (Å²) < 4.78 is 5.34. The summed E-state index contributed by atoms with van der Waals surface area (Å²) >= 11 is 1.48. The average Bonchev–Trinajstić information content (AvgIpc) is 3.19. The zero-order chi connectivity index (χ0) is 15.5. The number of nitrogens with one attached hydrogen (secondary N) is 1. The lowest BCUT2D eigenvalue weighted by molar-refractivity contribution is 0.102. The molecule has 1 aromatic carbocycles. The molecule has 0 saturated heterocycles. The number of benzene rings is 1. The number of hydrogen-bond donors (Lipinski definition) is 2. The molecular weight excluding hydrogens is 300 g/mol. The maximum absolute atomic E-state index is 12.5. The number of oxazole rings is 1. The highest BCUT2D eigenvalue weighted by Gasteiger charge is 2.19. The number of aromatic nitrogens is 1. The molecule has 22 heavy (non-hydrogen) atoms. The van der Waals surface area contributed by atoms with Gasteiger partial charge in [0.15, 0.2) is 17.8 Å². The van der Waals surface area contributed by atoms with Crippen molar-refractivity contribution in [2.75, 3.05) is 5.32 Å². The molecule has 0 aliphatic rings. The minimum absolute atomic E-state index is 0.0758. The maximum atomic E-state index is 12.5. The maximum Gasteiger partial charge on any atom is 0.278 e. The van der Waals surface area contributed by atoms with E-state index in [1.165, 1.54) is 17.7 Å². The molecular formula is C16H14N2O3S. The highest BCUT2D eigenvalue weighted by Crippen LogP contribution is 2.28. The Bertz CT molecular complexity index is 794. The first-order valence-electron chi connectivity index (χ1n) is 6.68. The smallest absolute Gasteiger partial charge is 0.278 e. The van der Waals surface area contributed by atoms with Gasteiger partial charge in [0.2, 0.25) is 0 Å². The predicted octanol–water partition coefficient (Wildman–Crippen LogP) is 3.46. The van der Waals surface area contributed by atoms with Crippen LogP contribution in [0.4, 0.5) is 5.69 Å². The molecule has 112 valence electrons. The molecule has 3 rings (SSSR count). The molecule has 5 nitrogen and oxygen atoms in total. The van der Waals surface area contributed by atoms with Gasteiger partial charge in [0.25, 0.3) is 5.91 Å². The first-order chi connectivity index (χ1) is 10.7. The third kappa shape index (κ3) is 2.79. The summed E-state index contributed by atoms with van der Waals surface area (Å²) in [7, 11) is 0. The van der Waals surface area contributed by atoms with Gasteiger partial charge in [-0.05, 0) is 35.6 Å². The van der Waals surface area contributed by atoms with Gasteiger partial charge in [0, 0.05) is 5.69 Å². The van der Waals surface area contributed by atoms with Gasteiger partial charge in [-0.2, -0.15) is 0 Å². The Balaban J connectivity index is 1.89. The van der Waals surface area contributed by atoms with E-state index >= 15 is 0 Å². The third-order valence-corrected chi connectivity index (χ3v) is 4.13. The summed E-state index contributed by atoms with van der Waals surface area (Å²) in [6.07, 6.45) is 1.26. The number of thiophene rings is 1. The minimum atomic E-state index is -0.338. The number of aryl methyl sites for hydroxylation is 1. The van der Waals surface area contributed by atoms with Crippen molar-refractivity contribution >= 4 is 22.9 Å². The fourth-order valence-electron chi connectivity index (χ4n) is 2.07. The van der Waals surface area contributed by atoms with E-state index in [0.717, 1.165) is 16.0 Å². The van der Waals surface area contributed by atoms with E-state index < -0.39 is 0 Å². The number of hydrogen-bond acceptors (Lipinski definition) is 5. The van der Waals surface area contributed by atoms with Crippen LogP contribution in [0.15, 0.2) is 46.5 Å². The van der Waals surface area contributed by atoms with E-state index in [1.54, 1.807) is 6.07 Å². The molecule has 3 aromatic rings. The van der Waals surface area contributed by atoms with Crippen LogP contribution in [-0.4, -0.2) is 16.0 Å². The fraction of sp³-hybridized carbons (Fsp3) is 0.125. The number of aliphatic hydroxyl groups excluding tert-OH is 1. The number of carbonyl (C=O) groups excluding carboxylic acids is 1. The molecule has 6 heteroatoms. The van der Waals surface area contributed by atoms with Crippen molar-refractivity contribution in [1.82, 2.24) is 4.98 Å². The van der Waals surface area contributed by atoms with Crippen molar-refractivity contribution < 1.29 is 14.3 Å². The van der Waals surface area contributed by atoms with Crippen molar-refractivity contribution in [2.45, 2.75) is 13.5 Å². The number of anilines is 1. The van der Waals surface area contributed by atoms with E-state index in [0.29, 0.717) is 11.4 Å². The molecule has 0 atom stereocenters. The van der Waals surface area contributed by atoms with Crippen molar-refractivity contribution in [3.8, 4) is 10.6 Å². The molecule has 0 aliphatic carbocycles. The van der Waals surface area contributed by atoms with E-state index in [9.17, 15) is 9.90 Å². The van der Waals surface area contributed by atoms with E-state index in [-0.39, 0.29) is 18.2 Å². The lowest BCUT2D eigenvalue weighted by Crippen LogP contribution is -2.14. The number of aliphatic hydroxyl groups is 1. The van der Waals surface area contributed by atoms with Crippen LogP contribution in [0.1, 0.15) is 21.6 Å². The summed E-state index contributed by atoms with van der Waals surface area (Å²) in [4.78, 5) is 17.3. The zero-order valence-corrected chi connectivity index (χ0v) is 12.7. The highest BCUT2D eigenvalue weighted by molar-refractivity contribution is 7.13. The van der Waals surface area contributed by atoms with Crippen LogP contribution in [0.25, 0.3) is 10.6 Å². The molecule has 0 aliphatic heterocycles. The van der Waals surface area contributed by atoms with E-state index in [2.05, 4.69) is 10.3 Å². The zero-order valence-electron chi connectivity index (χ0n) is 11.9. The van der Waals surface area contributed by atoms with Crippen molar-refractivity contribution in [3.63, 3.8) is 0 Å². The molecule has 2 N–H and O–H groups in total. The second-order valence-corrected chi connectivity index (χ2v) is 5.72. The minimum Gasteiger partial charge on any atom is -0.442 e. The average molecular weight is 314 g/mol. The van der Waals surface area contributed by atoms with Crippen LogP contribution in [-0.2, 0) is 6.61 Å². The molecule has 0 radical (unpaired) electrons. The van der Waals surface area contributed by atoms with Gasteiger partial charge in [-0.15, -0.1) is 11.3 Å². The largest absolute Gasteiger partial charge is 0.442 e. The van der Waals surface area contributed by atoms with Crippen LogP contribution in [0, 0.1) is 6.92 Å². The van der Waals surface area contributed by atoms with Gasteiger partial charge in [-0.1, -0.05) is 18.2 Å². The van der Waals surface area contributed by atoms with E-state index in [1.807, 2.05) is 36.6 Å². The summed E-state index contributed by atoms with van der Waals surface area (Å²) in [6.45, 7) is 1.81.